The second-order valence-corrected chi connectivity index (χ2v) is 21.8. The summed E-state index contributed by atoms with van der Waals surface area (Å²) in [4.78, 5) is 11.6. The first-order chi connectivity index (χ1) is 15.0. The molecule has 0 fully saturated rings. The molecule has 0 atom stereocenters. The first-order valence-electron chi connectivity index (χ1n) is 11.6. The summed E-state index contributed by atoms with van der Waals surface area (Å²) in [5.74, 6) is 12.6. The summed E-state index contributed by atoms with van der Waals surface area (Å²) in [6.07, 6.45) is 2.14. The van der Waals surface area contributed by atoms with Gasteiger partial charge in [-0.2, -0.15) is 0 Å². The van der Waals surface area contributed by atoms with Gasteiger partial charge in [0.05, 0.1) is 0 Å². The van der Waals surface area contributed by atoms with E-state index in [0.29, 0.717) is 37.2 Å². The summed E-state index contributed by atoms with van der Waals surface area (Å²) >= 11 is 3.58. The minimum atomic E-state index is -1.76. The van der Waals surface area contributed by atoms with Crippen molar-refractivity contribution >= 4 is 38.9 Å². The van der Waals surface area contributed by atoms with Crippen molar-refractivity contribution in [1.82, 2.24) is 0 Å². The Morgan fingerprint density at radius 2 is 1.24 bits per heavy atom. The summed E-state index contributed by atoms with van der Waals surface area (Å²) in [5, 5.41) is 0.375. The number of benzene rings is 1. The van der Waals surface area contributed by atoms with Crippen LogP contribution in [0.1, 0.15) is 75.9 Å². The van der Waals surface area contributed by atoms with Gasteiger partial charge in [-0.25, -0.2) is 0 Å². The highest BCUT2D eigenvalue weighted by Crippen LogP contribution is 2.37. The molecule has 6 heteroatoms. The number of halogens is 1. The van der Waals surface area contributed by atoms with Crippen LogP contribution >= 0.6 is 15.9 Å². The first kappa shape index (κ1) is 29.9. The number of carbonyl (C=O) groups is 1. The minimum absolute atomic E-state index is 0.184. The van der Waals surface area contributed by atoms with E-state index in [9.17, 15) is 4.79 Å². The van der Waals surface area contributed by atoms with E-state index in [4.69, 9.17) is 8.85 Å². The van der Waals surface area contributed by atoms with E-state index in [-0.39, 0.29) is 10.1 Å². The van der Waals surface area contributed by atoms with Crippen LogP contribution in [0.5, 0.6) is 0 Å². The molecule has 1 aromatic rings. The Morgan fingerprint density at radius 3 is 1.64 bits per heavy atom. The van der Waals surface area contributed by atoms with Crippen LogP contribution in [-0.4, -0.2) is 36.1 Å². The first-order valence-corrected chi connectivity index (χ1v) is 18.2. The maximum Gasteiger partial charge on any atom is 0.192 e. The molecule has 0 amide bonds. The average Bonchev–Trinajstić information content (AvgIpc) is 2.66. The standard InChI is InChI=1S/C27H41BrO3Si2/c1-26(2,3)32(7,8)30-17-13-11-15-22-20-25(28)23(19-24(22)21-29)16-12-14-18-31-33(9,10)27(4,5)6/h19-21H,13-14,17-18H2,1-10H3. The third-order valence-corrected chi connectivity index (χ3v) is 16.4. The fourth-order valence-electron chi connectivity index (χ4n) is 2.35. The van der Waals surface area contributed by atoms with E-state index in [1.54, 1.807) is 6.07 Å². The number of aldehydes is 1. The molecule has 33 heavy (non-hydrogen) atoms. The maximum atomic E-state index is 11.6. The molecule has 0 aromatic heterocycles. The fourth-order valence-corrected chi connectivity index (χ4v) is 4.89. The maximum absolute atomic E-state index is 11.6. The van der Waals surface area contributed by atoms with Gasteiger partial charge in [0.2, 0.25) is 0 Å². The lowest BCUT2D eigenvalue weighted by molar-refractivity contribution is 0.112. The van der Waals surface area contributed by atoms with E-state index in [1.807, 2.05) is 6.07 Å². The zero-order valence-electron chi connectivity index (χ0n) is 22.2. The largest absolute Gasteiger partial charge is 0.416 e. The van der Waals surface area contributed by atoms with Crippen LogP contribution in [0.3, 0.4) is 0 Å². The van der Waals surface area contributed by atoms with E-state index in [0.717, 1.165) is 16.3 Å². The van der Waals surface area contributed by atoms with Gasteiger partial charge in [-0.05, 0) is 64.3 Å². The molecule has 0 aliphatic rings. The van der Waals surface area contributed by atoms with Crippen LogP contribution in [0.2, 0.25) is 36.3 Å². The molecule has 3 nitrogen and oxygen atoms in total. The topological polar surface area (TPSA) is 35.5 Å². The lowest BCUT2D eigenvalue weighted by Gasteiger charge is -2.35. The van der Waals surface area contributed by atoms with E-state index >= 15 is 0 Å². The molecule has 0 aliphatic carbocycles. The summed E-state index contributed by atoms with van der Waals surface area (Å²) in [5.41, 5.74) is 2.05. The average molecular weight is 550 g/mol. The van der Waals surface area contributed by atoms with Gasteiger partial charge in [-0.3, -0.25) is 4.79 Å². The molecule has 0 heterocycles. The molecule has 0 unspecified atom stereocenters. The lowest BCUT2D eigenvalue weighted by atomic mass is 10.0. The highest BCUT2D eigenvalue weighted by atomic mass is 79.9. The van der Waals surface area contributed by atoms with Crippen molar-refractivity contribution in [2.45, 2.75) is 90.6 Å². The van der Waals surface area contributed by atoms with Crippen LogP contribution in [0.4, 0.5) is 0 Å². The SMILES string of the molecule is CC(C)(C)[Si](C)(C)OCCC#Cc1cc(C=O)c(C#CCCO[Si](C)(C)C(C)(C)C)cc1Br. The van der Waals surface area contributed by atoms with Crippen molar-refractivity contribution in [3.05, 3.63) is 33.3 Å². The molecule has 0 spiro atoms. The van der Waals surface area contributed by atoms with Gasteiger partial charge >= 0.3 is 0 Å². The van der Waals surface area contributed by atoms with Crippen LogP contribution in [0.25, 0.3) is 0 Å². The van der Waals surface area contributed by atoms with Crippen LogP contribution in [0.15, 0.2) is 16.6 Å². The smallest absolute Gasteiger partial charge is 0.192 e. The van der Waals surface area contributed by atoms with Gasteiger partial charge < -0.3 is 8.85 Å². The normalized spacial score (nSPS) is 12.5. The van der Waals surface area contributed by atoms with Gasteiger partial charge in [-0.15, -0.1) is 0 Å². The highest BCUT2D eigenvalue weighted by molar-refractivity contribution is 9.10. The number of hydrogen-bond acceptors (Lipinski definition) is 3. The Kier molecular flexibility index (Phi) is 10.9. The molecule has 0 saturated carbocycles. The third kappa shape index (κ3) is 9.19. The van der Waals surface area contributed by atoms with Gasteiger partial charge in [0, 0.05) is 47.2 Å². The predicted octanol–water partition coefficient (Wildman–Crippen LogP) is 7.79. The van der Waals surface area contributed by atoms with E-state index < -0.39 is 16.6 Å². The summed E-state index contributed by atoms with van der Waals surface area (Å²) in [7, 11) is -3.51. The quantitative estimate of drug-likeness (QED) is 0.151. The van der Waals surface area contributed by atoms with Crippen LogP contribution in [-0.2, 0) is 8.85 Å². The van der Waals surface area contributed by atoms with Crippen molar-refractivity contribution < 1.29 is 13.6 Å². The minimum Gasteiger partial charge on any atom is -0.416 e. The van der Waals surface area contributed by atoms with Gasteiger partial charge in [-0.1, -0.05) is 65.2 Å². The van der Waals surface area contributed by atoms with Gasteiger partial charge in [0.15, 0.2) is 22.9 Å². The second kappa shape index (κ2) is 12.0. The van der Waals surface area contributed by atoms with Crippen molar-refractivity contribution in [1.29, 1.82) is 0 Å². The molecule has 0 saturated heterocycles. The second-order valence-electron chi connectivity index (χ2n) is 11.4. The van der Waals surface area contributed by atoms with Crippen molar-refractivity contribution in [2.75, 3.05) is 13.2 Å². The zero-order valence-corrected chi connectivity index (χ0v) is 25.7. The lowest BCUT2D eigenvalue weighted by Crippen LogP contribution is -2.40. The van der Waals surface area contributed by atoms with Gasteiger partial charge in [0.1, 0.15) is 0 Å². The fraction of sp³-hybridized carbons (Fsp3) is 0.593. The molecule has 0 radical (unpaired) electrons. The van der Waals surface area contributed by atoms with Crippen LogP contribution < -0.4 is 0 Å². The molecule has 0 aliphatic heterocycles. The molecule has 1 rings (SSSR count). The molecule has 1 aromatic carbocycles. The molecular formula is C27H41BrO3Si2. The Bertz CT molecular complexity index is 946. The van der Waals surface area contributed by atoms with Crippen molar-refractivity contribution in [2.24, 2.45) is 0 Å². The highest BCUT2D eigenvalue weighted by Gasteiger charge is 2.37. The Labute approximate surface area is 212 Å². The Balaban J connectivity index is 2.79. The Morgan fingerprint density at radius 1 is 0.818 bits per heavy atom. The molecule has 182 valence electrons. The number of carbonyl (C=O) groups excluding carboxylic acids is 1. The summed E-state index contributed by atoms with van der Waals surface area (Å²) in [6, 6.07) is 3.68. The third-order valence-electron chi connectivity index (χ3n) is 6.70. The van der Waals surface area contributed by atoms with E-state index in [2.05, 4.69) is 107 Å². The predicted molar refractivity (Wildman–Crippen MR) is 149 cm³/mol. The monoisotopic (exact) mass is 548 g/mol. The number of hydrogen-bond donors (Lipinski definition) is 0. The van der Waals surface area contributed by atoms with Crippen LogP contribution in [0, 0.1) is 23.7 Å². The molecule has 0 N–H and O–H groups in total. The number of rotatable bonds is 7. The molecular weight excluding hydrogens is 508 g/mol. The van der Waals surface area contributed by atoms with E-state index in [1.165, 1.54) is 0 Å². The Hall–Kier alpha value is -1.16. The summed E-state index contributed by atoms with van der Waals surface area (Å²) in [6.45, 7) is 23.6. The summed E-state index contributed by atoms with van der Waals surface area (Å²) < 4.78 is 13.2. The zero-order chi connectivity index (χ0) is 25.5. The van der Waals surface area contributed by atoms with Crippen molar-refractivity contribution in [3.63, 3.8) is 0 Å². The van der Waals surface area contributed by atoms with Crippen molar-refractivity contribution in [3.8, 4) is 23.7 Å². The van der Waals surface area contributed by atoms with Gasteiger partial charge in [0.25, 0.3) is 0 Å². The molecule has 0 bridgehead atoms.